The van der Waals surface area contributed by atoms with E-state index in [9.17, 15) is 4.79 Å². The van der Waals surface area contributed by atoms with Gasteiger partial charge in [0.25, 0.3) is 0 Å². The first-order valence-corrected chi connectivity index (χ1v) is 15.6. The molecule has 0 spiro atoms. The van der Waals surface area contributed by atoms with Gasteiger partial charge in [0.1, 0.15) is 46.7 Å². The number of nitrogens with one attached hydrogen (secondary N) is 1. The number of hydrogen-bond acceptors (Lipinski definition) is 8. The molecule has 0 aromatic heterocycles. The number of carbonyl (C=O) groups excluding carboxylic acids is 1. The normalized spacial score (nSPS) is 17.5. The molecule has 2 heterocycles. The maximum atomic E-state index is 11.2. The molecule has 236 valence electrons. The average molecular weight is 611 g/mol. The summed E-state index contributed by atoms with van der Waals surface area (Å²) in [5.74, 6) is 4.88. The highest BCUT2D eigenvalue weighted by Crippen LogP contribution is 2.26. The van der Waals surface area contributed by atoms with E-state index in [-0.39, 0.29) is 12.1 Å². The highest BCUT2D eigenvalue weighted by molar-refractivity contribution is 5.69. The predicted octanol–water partition coefficient (Wildman–Crippen LogP) is 7.10. The maximum absolute atomic E-state index is 11.2. The quantitative estimate of drug-likeness (QED) is 0.170. The van der Waals surface area contributed by atoms with E-state index in [2.05, 4.69) is 15.0 Å². The van der Waals surface area contributed by atoms with Crippen molar-refractivity contribution in [2.45, 2.75) is 37.9 Å². The molecule has 0 aliphatic carbocycles. The Balaban J connectivity index is 0.000000186. The van der Waals surface area contributed by atoms with Gasteiger partial charge in [-0.1, -0.05) is 36.4 Å². The summed E-state index contributed by atoms with van der Waals surface area (Å²) in [7, 11) is 1.43. The Morgan fingerprint density at radius 2 is 1.20 bits per heavy atom. The largest absolute Gasteiger partial charge is 0.489 e. The molecule has 0 saturated carbocycles. The predicted molar refractivity (Wildman–Crippen MR) is 175 cm³/mol. The Morgan fingerprint density at radius 1 is 0.689 bits per heavy atom. The van der Waals surface area contributed by atoms with E-state index in [4.69, 9.17) is 18.9 Å². The summed E-state index contributed by atoms with van der Waals surface area (Å²) in [6.07, 6.45) is 3.85. The summed E-state index contributed by atoms with van der Waals surface area (Å²) >= 11 is 0. The second-order valence-electron chi connectivity index (χ2n) is 11.0. The van der Waals surface area contributed by atoms with Crippen LogP contribution in [-0.2, 0) is 9.53 Å². The van der Waals surface area contributed by atoms with Crippen molar-refractivity contribution in [3.05, 3.63) is 109 Å². The average Bonchev–Trinajstić information content (AvgIpc) is 3.76. The molecule has 45 heavy (non-hydrogen) atoms. The number of esters is 1. The molecular weight excluding hydrogens is 568 g/mol. The molecule has 8 nitrogen and oxygen atoms in total. The van der Waals surface area contributed by atoms with E-state index >= 15 is 0 Å². The third-order valence-electron chi connectivity index (χ3n) is 7.54. The van der Waals surface area contributed by atoms with Gasteiger partial charge in [-0.25, -0.2) is 0 Å². The van der Waals surface area contributed by atoms with E-state index in [0.29, 0.717) is 12.5 Å². The summed E-state index contributed by atoms with van der Waals surface area (Å²) in [6, 6.07) is 35.0. The molecule has 2 atom stereocenters. The smallest absolute Gasteiger partial charge is 0.305 e. The molecule has 0 bridgehead atoms. The van der Waals surface area contributed by atoms with Gasteiger partial charge in [0.15, 0.2) is 0 Å². The topological polar surface area (TPSA) is 78.5 Å². The summed E-state index contributed by atoms with van der Waals surface area (Å²) in [4.78, 5) is 13.5. The summed E-state index contributed by atoms with van der Waals surface area (Å²) in [6.45, 7) is 4.77. The van der Waals surface area contributed by atoms with Crippen LogP contribution in [0, 0.1) is 0 Å². The lowest BCUT2D eigenvalue weighted by molar-refractivity contribution is -0.140. The molecule has 2 saturated heterocycles. The van der Waals surface area contributed by atoms with Crippen molar-refractivity contribution < 1.29 is 28.5 Å². The summed E-state index contributed by atoms with van der Waals surface area (Å²) in [5, 5.41) is 3.29. The Bertz CT molecular complexity index is 1410. The number of benzene rings is 4. The fraction of sp³-hybridized carbons (Fsp3) is 0.324. The fourth-order valence-corrected chi connectivity index (χ4v) is 5.18. The highest BCUT2D eigenvalue weighted by Gasteiger charge is 2.23. The van der Waals surface area contributed by atoms with Crippen LogP contribution in [0.1, 0.15) is 25.7 Å². The van der Waals surface area contributed by atoms with Crippen molar-refractivity contribution >= 4 is 5.97 Å². The molecule has 2 fully saturated rings. The third-order valence-corrected chi connectivity index (χ3v) is 7.54. The Labute approximate surface area is 265 Å². The van der Waals surface area contributed by atoms with Crippen molar-refractivity contribution in [2.24, 2.45) is 0 Å². The lowest BCUT2D eigenvalue weighted by Gasteiger charge is -2.17. The number of rotatable bonds is 12. The first kappa shape index (κ1) is 31.9. The van der Waals surface area contributed by atoms with Crippen molar-refractivity contribution in [1.82, 2.24) is 10.2 Å². The number of carbonyl (C=O) groups is 1. The van der Waals surface area contributed by atoms with Crippen LogP contribution in [0.15, 0.2) is 109 Å². The standard InChI is InChI=1S/C21H25NO4.C16H17NO2/c1-24-21(23)8-5-14-22-15-13-20(16-22)26-19-11-9-18(10-12-19)25-17-6-3-2-4-7-17;1-2-4-13(5-3-1)18-14-6-8-15(9-7-14)19-16-10-11-17-12-16/h2-4,6-7,9-12,20H,5,8,13-16H2,1H3;1-9,16-17H,10-12H2/t20-;16-/m11/s1. The van der Waals surface area contributed by atoms with Gasteiger partial charge in [-0.05, 0) is 105 Å². The first-order valence-electron chi connectivity index (χ1n) is 15.6. The lowest BCUT2D eigenvalue weighted by atomic mass is 10.3. The molecular formula is C37H42N2O6. The number of nitrogens with zero attached hydrogens (tertiary/aromatic N) is 1. The van der Waals surface area contributed by atoms with Gasteiger partial charge in [-0.2, -0.15) is 0 Å². The van der Waals surface area contributed by atoms with Crippen LogP contribution < -0.4 is 24.3 Å². The Kier molecular flexibility index (Phi) is 12.1. The van der Waals surface area contributed by atoms with Gasteiger partial charge in [-0.15, -0.1) is 0 Å². The minimum absolute atomic E-state index is 0.144. The van der Waals surface area contributed by atoms with Gasteiger partial charge >= 0.3 is 5.97 Å². The molecule has 2 aliphatic rings. The van der Waals surface area contributed by atoms with Gasteiger partial charge in [0.05, 0.1) is 7.11 Å². The maximum Gasteiger partial charge on any atom is 0.305 e. The van der Waals surface area contributed by atoms with Crippen LogP contribution in [0.4, 0.5) is 0 Å². The zero-order valence-electron chi connectivity index (χ0n) is 25.8. The molecule has 4 aromatic rings. The Morgan fingerprint density at radius 3 is 1.71 bits per heavy atom. The summed E-state index contributed by atoms with van der Waals surface area (Å²) in [5.41, 5.74) is 0. The van der Waals surface area contributed by atoms with Crippen molar-refractivity contribution in [3.63, 3.8) is 0 Å². The van der Waals surface area contributed by atoms with Crippen LogP contribution in [0.3, 0.4) is 0 Å². The molecule has 8 heteroatoms. The van der Waals surface area contributed by atoms with Crippen molar-refractivity contribution in [2.75, 3.05) is 39.8 Å². The van der Waals surface area contributed by atoms with Crippen LogP contribution >= 0.6 is 0 Å². The number of likely N-dealkylation sites (tertiary alicyclic amines) is 1. The van der Waals surface area contributed by atoms with Crippen LogP contribution in [0.25, 0.3) is 0 Å². The minimum atomic E-state index is -0.144. The second-order valence-corrected chi connectivity index (χ2v) is 11.0. The first-order chi connectivity index (χ1) is 22.1. The van der Waals surface area contributed by atoms with E-state index in [1.54, 1.807) is 0 Å². The molecule has 4 aromatic carbocycles. The number of para-hydroxylation sites is 2. The van der Waals surface area contributed by atoms with Gasteiger partial charge < -0.3 is 29.0 Å². The van der Waals surface area contributed by atoms with Crippen molar-refractivity contribution in [1.29, 1.82) is 0 Å². The highest BCUT2D eigenvalue weighted by atomic mass is 16.5. The fourth-order valence-electron chi connectivity index (χ4n) is 5.18. The molecule has 0 unspecified atom stereocenters. The molecule has 0 radical (unpaired) electrons. The van der Waals surface area contributed by atoms with E-state index in [1.165, 1.54) is 7.11 Å². The Hall–Kier alpha value is -4.53. The second kappa shape index (κ2) is 17.1. The van der Waals surface area contributed by atoms with Gasteiger partial charge in [0, 0.05) is 26.1 Å². The number of ether oxygens (including phenoxy) is 5. The molecule has 1 N–H and O–H groups in total. The van der Waals surface area contributed by atoms with Gasteiger partial charge in [0.2, 0.25) is 0 Å². The third kappa shape index (κ3) is 10.8. The number of hydrogen-bond donors (Lipinski definition) is 1. The molecule has 0 amide bonds. The van der Waals surface area contributed by atoms with E-state index < -0.39 is 0 Å². The minimum Gasteiger partial charge on any atom is -0.489 e. The van der Waals surface area contributed by atoms with E-state index in [1.807, 2.05) is 109 Å². The lowest BCUT2D eigenvalue weighted by Crippen LogP contribution is -2.26. The van der Waals surface area contributed by atoms with Crippen molar-refractivity contribution in [3.8, 4) is 34.5 Å². The van der Waals surface area contributed by atoms with Crippen LogP contribution in [0.5, 0.6) is 34.5 Å². The van der Waals surface area contributed by atoms with Crippen LogP contribution in [0.2, 0.25) is 0 Å². The summed E-state index contributed by atoms with van der Waals surface area (Å²) < 4.78 is 28.1. The zero-order valence-corrected chi connectivity index (χ0v) is 25.8. The molecule has 6 rings (SSSR count). The van der Waals surface area contributed by atoms with E-state index in [0.717, 1.165) is 86.5 Å². The van der Waals surface area contributed by atoms with Gasteiger partial charge in [-0.3, -0.25) is 9.69 Å². The monoisotopic (exact) mass is 610 g/mol. The molecule has 2 aliphatic heterocycles. The van der Waals surface area contributed by atoms with Crippen LogP contribution in [-0.4, -0.2) is 62.9 Å². The zero-order chi connectivity index (χ0) is 31.1. The SMILES string of the molecule is COC(=O)CCCN1CC[C@@H](Oc2ccc(Oc3ccccc3)cc2)C1.c1ccc(Oc2ccc(O[C@@H]3CCNC3)cc2)cc1. The number of methoxy groups -OCH3 is 1.